The van der Waals surface area contributed by atoms with E-state index in [2.05, 4.69) is 0 Å². The molecule has 1 N–H and O–H groups in total. The van der Waals surface area contributed by atoms with Crippen molar-refractivity contribution in [1.82, 2.24) is 9.80 Å². The lowest BCUT2D eigenvalue weighted by Crippen LogP contribution is -2.51. The molecule has 0 aromatic heterocycles. The highest BCUT2D eigenvalue weighted by Gasteiger charge is 2.37. The number of methoxy groups -OCH3 is 1. The summed E-state index contributed by atoms with van der Waals surface area (Å²) < 4.78 is 5.15. The summed E-state index contributed by atoms with van der Waals surface area (Å²) in [6.45, 7) is 0.635. The Labute approximate surface area is 179 Å². The van der Waals surface area contributed by atoms with E-state index in [9.17, 15) is 14.7 Å². The normalized spacial score (nSPS) is 19.0. The predicted octanol–water partition coefficient (Wildman–Crippen LogP) is 4.61. The summed E-state index contributed by atoms with van der Waals surface area (Å²) in [7, 11) is 3.32. The van der Waals surface area contributed by atoms with Crippen LogP contribution in [0.25, 0.3) is 0 Å². The van der Waals surface area contributed by atoms with Crippen molar-refractivity contribution in [2.45, 2.75) is 18.4 Å². The molecule has 0 radical (unpaired) electrons. The molecule has 1 heterocycles. The highest BCUT2D eigenvalue weighted by molar-refractivity contribution is 6.42. The molecule has 1 fully saturated rings. The quantitative estimate of drug-likeness (QED) is 0.759. The second-order valence-corrected chi connectivity index (χ2v) is 7.82. The largest absolute Gasteiger partial charge is 0.497 e. The Hall–Kier alpha value is -2.44. The fourth-order valence-electron chi connectivity index (χ4n) is 3.74. The van der Waals surface area contributed by atoms with Crippen LogP contribution in [0.5, 0.6) is 5.75 Å². The molecule has 0 bridgehead atoms. The lowest BCUT2D eigenvalue weighted by Gasteiger charge is -2.42. The number of carbonyl (C=O) groups excluding carboxylic acids is 1. The maximum Gasteiger partial charge on any atom is 0.407 e. The molecule has 154 valence electrons. The van der Waals surface area contributed by atoms with Crippen molar-refractivity contribution in [3.63, 3.8) is 0 Å². The number of halogens is 2. The number of carboxylic acid groups (broad SMARTS) is 1. The third kappa shape index (κ3) is 4.60. The van der Waals surface area contributed by atoms with E-state index >= 15 is 0 Å². The number of ether oxygens (including phenoxy) is 1. The first kappa shape index (κ1) is 21.3. The minimum absolute atomic E-state index is 0.133. The molecular formula is C21H22Cl2N2O4. The molecule has 0 unspecified atom stereocenters. The van der Waals surface area contributed by atoms with Crippen LogP contribution in [0, 0.1) is 0 Å². The van der Waals surface area contributed by atoms with Crippen molar-refractivity contribution in [2.24, 2.45) is 0 Å². The number of hydrogen-bond acceptors (Lipinski definition) is 3. The van der Waals surface area contributed by atoms with Gasteiger partial charge in [0, 0.05) is 37.7 Å². The summed E-state index contributed by atoms with van der Waals surface area (Å²) in [5.74, 6) is 0.320. The predicted molar refractivity (Wildman–Crippen MR) is 112 cm³/mol. The van der Waals surface area contributed by atoms with Gasteiger partial charge >= 0.3 is 6.09 Å². The molecule has 3 rings (SSSR count). The Kier molecular flexibility index (Phi) is 6.55. The molecule has 0 saturated carbocycles. The summed E-state index contributed by atoms with van der Waals surface area (Å²) in [6.07, 6.45) is -0.451. The summed E-state index contributed by atoms with van der Waals surface area (Å²) in [4.78, 5) is 27.7. The molecule has 1 aliphatic heterocycles. The van der Waals surface area contributed by atoms with Gasteiger partial charge in [0.15, 0.2) is 0 Å². The maximum atomic E-state index is 13.1. The molecule has 2 aromatic rings. The topological polar surface area (TPSA) is 70.1 Å². The number of piperidine rings is 1. The van der Waals surface area contributed by atoms with Crippen molar-refractivity contribution in [1.29, 1.82) is 0 Å². The van der Waals surface area contributed by atoms with Crippen LogP contribution in [0.2, 0.25) is 10.0 Å². The lowest BCUT2D eigenvalue weighted by atomic mass is 9.85. The number of likely N-dealkylation sites (N-methyl/N-ethyl adjacent to an activating group) is 1. The van der Waals surface area contributed by atoms with E-state index in [0.29, 0.717) is 34.3 Å². The van der Waals surface area contributed by atoms with E-state index < -0.39 is 6.09 Å². The van der Waals surface area contributed by atoms with Gasteiger partial charge in [-0.25, -0.2) is 4.79 Å². The van der Waals surface area contributed by atoms with Gasteiger partial charge in [-0.15, -0.1) is 0 Å². The molecule has 6 nitrogen and oxygen atoms in total. The van der Waals surface area contributed by atoms with Crippen LogP contribution in [0.1, 0.15) is 28.3 Å². The van der Waals surface area contributed by atoms with Gasteiger partial charge in [-0.05, 0) is 48.4 Å². The number of amides is 2. The van der Waals surface area contributed by atoms with Gasteiger partial charge in [0.25, 0.3) is 5.91 Å². The summed E-state index contributed by atoms with van der Waals surface area (Å²) in [5.41, 5.74) is 1.39. The van der Waals surface area contributed by atoms with Crippen molar-refractivity contribution < 1.29 is 19.4 Å². The second-order valence-electron chi connectivity index (χ2n) is 7.01. The maximum absolute atomic E-state index is 13.1. The van der Waals surface area contributed by atoms with Crippen LogP contribution in [0.3, 0.4) is 0 Å². The smallest absolute Gasteiger partial charge is 0.407 e. The minimum atomic E-state index is -0.974. The lowest BCUT2D eigenvalue weighted by molar-refractivity contribution is 0.0591. The average molecular weight is 437 g/mol. The molecule has 1 aliphatic rings. The average Bonchev–Trinajstić information content (AvgIpc) is 2.74. The standard InChI is InChI=1S/C21H22Cl2N2O4/c1-24(20(26)13-3-6-15(29-2)7-4-13)19-9-10-25(21(27)28)12-16(19)14-5-8-17(22)18(23)11-14/h3-8,11,16,19H,9-10,12H2,1-2H3,(H,27,28)/t16-,19+/m0/s1. The summed E-state index contributed by atoms with van der Waals surface area (Å²) in [6, 6.07) is 12.0. The monoisotopic (exact) mass is 436 g/mol. The van der Waals surface area contributed by atoms with E-state index in [0.717, 1.165) is 5.56 Å². The first-order chi connectivity index (χ1) is 13.8. The minimum Gasteiger partial charge on any atom is -0.497 e. The number of benzene rings is 2. The zero-order valence-electron chi connectivity index (χ0n) is 16.1. The molecule has 2 atom stereocenters. The second kappa shape index (κ2) is 8.93. The molecule has 0 spiro atoms. The number of carbonyl (C=O) groups is 2. The number of rotatable bonds is 4. The fourth-order valence-corrected chi connectivity index (χ4v) is 4.04. The van der Waals surface area contributed by atoms with Gasteiger partial charge in [-0.2, -0.15) is 0 Å². The van der Waals surface area contributed by atoms with Crippen LogP contribution in [-0.4, -0.2) is 60.2 Å². The van der Waals surface area contributed by atoms with Gasteiger partial charge in [-0.1, -0.05) is 29.3 Å². The fraction of sp³-hybridized carbons (Fsp3) is 0.333. The summed E-state index contributed by atoms with van der Waals surface area (Å²) in [5, 5.41) is 10.3. The molecule has 0 aliphatic carbocycles. The zero-order valence-corrected chi connectivity index (χ0v) is 17.7. The molecule has 2 amide bonds. The summed E-state index contributed by atoms with van der Waals surface area (Å²) >= 11 is 12.2. The van der Waals surface area contributed by atoms with Crippen LogP contribution in [0.15, 0.2) is 42.5 Å². The molecule has 1 saturated heterocycles. The van der Waals surface area contributed by atoms with Crippen LogP contribution in [0.4, 0.5) is 4.79 Å². The Morgan fingerprint density at radius 3 is 2.41 bits per heavy atom. The first-order valence-corrected chi connectivity index (χ1v) is 9.91. The third-order valence-corrected chi connectivity index (χ3v) is 6.11. The molecule has 8 heteroatoms. The van der Waals surface area contributed by atoms with E-state index in [-0.39, 0.29) is 24.4 Å². The molecular weight excluding hydrogens is 415 g/mol. The number of likely N-dealkylation sites (tertiary alicyclic amines) is 1. The Morgan fingerprint density at radius 2 is 1.83 bits per heavy atom. The van der Waals surface area contributed by atoms with Crippen LogP contribution >= 0.6 is 23.2 Å². The van der Waals surface area contributed by atoms with Crippen molar-refractivity contribution in [3.8, 4) is 5.75 Å². The Morgan fingerprint density at radius 1 is 1.14 bits per heavy atom. The van der Waals surface area contributed by atoms with E-state index in [4.69, 9.17) is 27.9 Å². The van der Waals surface area contributed by atoms with Crippen molar-refractivity contribution >= 4 is 35.2 Å². The number of hydrogen-bond donors (Lipinski definition) is 1. The first-order valence-electron chi connectivity index (χ1n) is 9.16. The van der Waals surface area contributed by atoms with Gasteiger partial charge < -0.3 is 19.6 Å². The zero-order chi connectivity index (χ0) is 21.1. The van der Waals surface area contributed by atoms with E-state index in [1.54, 1.807) is 55.5 Å². The SMILES string of the molecule is COc1ccc(C(=O)N(C)[C@@H]2CCN(C(=O)O)C[C@H]2c2ccc(Cl)c(Cl)c2)cc1. The van der Waals surface area contributed by atoms with E-state index in [1.807, 2.05) is 6.07 Å². The van der Waals surface area contributed by atoms with Crippen molar-refractivity contribution in [3.05, 3.63) is 63.6 Å². The third-order valence-electron chi connectivity index (χ3n) is 5.37. The van der Waals surface area contributed by atoms with Gasteiger partial charge in [0.2, 0.25) is 0 Å². The Balaban J connectivity index is 1.89. The molecule has 2 aromatic carbocycles. The van der Waals surface area contributed by atoms with E-state index in [1.165, 1.54) is 4.90 Å². The highest BCUT2D eigenvalue weighted by Crippen LogP contribution is 2.34. The van der Waals surface area contributed by atoms with Gasteiger partial charge in [0.05, 0.1) is 17.2 Å². The highest BCUT2D eigenvalue weighted by atomic mass is 35.5. The Bertz CT molecular complexity index is 904. The van der Waals surface area contributed by atoms with Crippen LogP contribution in [-0.2, 0) is 0 Å². The number of nitrogens with zero attached hydrogens (tertiary/aromatic N) is 2. The van der Waals surface area contributed by atoms with Gasteiger partial charge in [-0.3, -0.25) is 4.79 Å². The van der Waals surface area contributed by atoms with Crippen molar-refractivity contribution in [2.75, 3.05) is 27.2 Å². The molecule has 29 heavy (non-hydrogen) atoms. The van der Waals surface area contributed by atoms with Crippen LogP contribution < -0.4 is 4.74 Å². The van der Waals surface area contributed by atoms with Gasteiger partial charge in [0.1, 0.15) is 5.75 Å².